The molecule has 0 aliphatic carbocycles. The molecule has 1 saturated heterocycles. The molecule has 3 aromatic carbocycles. The third-order valence-electron chi connectivity index (χ3n) is 5.09. The minimum Gasteiger partial charge on any atom is -0.322 e. The SMILES string of the molecule is Cc1ccc(C)c(N2C(=O)CS[C@@H]2c2ccccc2NC(=O)c2ccccc2Cl)c1. The molecule has 4 nitrogen and oxygen atoms in total. The van der Waals surface area contributed by atoms with Crippen LogP contribution in [-0.2, 0) is 4.79 Å². The minimum absolute atomic E-state index is 0.0610. The third kappa shape index (κ3) is 3.95. The summed E-state index contributed by atoms with van der Waals surface area (Å²) in [7, 11) is 0. The Hall–Kier alpha value is -2.76. The van der Waals surface area contributed by atoms with Crippen LogP contribution in [0.4, 0.5) is 11.4 Å². The molecule has 0 aromatic heterocycles. The van der Waals surface area contributed by atoms with Crippen LogP contribution < -0.4 is 10.2 Å². The average molecular weight is 437 g/mol. The van der Waals surface area contributed by atoms with Gasteiger partial charge in [-0.2, -0.15) is 0 Å². The summed E-state index contributed by atoms with van der Waals surface area (Å²) in [6.07, 6.45) is 0. The van der Waals surface area contributed by atoms with Crippen LogP contribution in [0, 0.1) is 13.8 Å². The predicted octanol–water partition coefficient (Wildman–Crippen LogP) is 5.99. The van der Waals surface area contributed by atoms with Crippen molar-refractivity contribution in [2.24, 2.45) is 0 Å². The fraction of sp³-hybridized carbons (Fsp3) is 0.167. The van der Waals surface area contributed by atoms with Gasteiger partial charge in [0.25, 0.3) is 5.91 Å². The van der Waals surface area contributed by atoms with Crippen LogP contribution >= 0.6 is 23.4 Å². The van der Waals surface area contributed by atoms with Crippen LogP contribution in [0.3, 0.4) is 0 Å². The predicted molar refractivity (Wildman–Crippen MR) is 124 cm³/mol. The number of amides is 2. The molecule has 1 fully saturated rings. The lowest BCUT2D eigenvalue weighted by Crippen LogP contribution is -2.29. The zero-order chi connectivity index (χ0) is 21.3. The summed E-state index contributed by atoms with van der Waals surface area (Å²) in [4.78, 5) is 27.5. The van der Waals surface area contributed by atoms with E-state index >= 15 is 0 Å². The van der Waals surface area contributed by atoms with Crippen LogP contribution in [-0.4, -0.2) is 17.6 Å². The maximum Gasteiger partial charge on any atom is 0.257 e. The minimum atomic E-state index is -0.277. The van der Waals surface area contributed by atoms with Crippen LogP contribution in [0.15, 0.2) is 66.7 Å². The largest absolute Gasteiger partial charge is 0.322 e. The van der Waals surface area contributed by atoms with Gasteiger partial charge >= 0.3 is 0 Å². The topological polar surface area (TPSA) is 49.4 Å². The number of nitrogens with one attached hydrogen (secondary N) is 1. The van der Waals surface area contributed by atoms with Crippen LogP contribution in [0.1, 0.15) is 32.4 Å². The summed E-state index contributed by atoms with van der Waals surface area (Å²) < 4.78 is 0. The van der Waals surface area contributed by atoms with Crippen molar-refractivity contribution in [3.63, 3.8) is 0 Å². The Morgan fingerprint density at radius 2 is 1.80 bits per heavy atom. The van der Waals surface area contributed by atoms with Crippen molar-refractivity contribution in [2.75, 3.05) is 16.0 Å². The molecule has 30 heavy (non-hydrogen) atoms. The van der Waals surface area contributed by atoms with Crippen molar-refractivity contribution in [1.82, 2.24) is 0 Å². The Labute approximate surface area is 185 Å². The van der Waals surface area contributed by atoms with Gasteiger partial charge in [0.15, 0.2) is 0 Å². The van der Waals surface area contributed by atoms with E-state index < -0.39 is 0 Å². The number of para-hydroxylation sites is 1. The number of aryl methyl sites for hydroxylation is 2. The quantitative estimate of drug-likeness (QED) is 0.546. The van der Waals surface area contributed by atoms with Gasteiger partial charge in [-0.3, -0.25) is 14.5 Å². The number of thioether (sulfide) groups is 1. The summed E-state index contributed by atoms with van der Waals surface area (Å²) in [6, 6.07) is 20.7. The average Bonchev–Trinajstić information content (AvgIpc) is 3.11. The van der Waals surface area contributed by atoms with Gasteiger partial charge in [0.2, 0.25) is 5.91 Å². The molecule has 2 amide bonds. The maximum atomic E-state index is 12.8. The summed E-state index contributed by atoms with van der Waals surface area (Å²) in [5.74, 6) is 0.178. The van der Waals surface area contributed by atoms with Gasteiger partial charge in [0.1, 0.15) is 5.37 Å². The lowest BCUT2D eigenvalue weighted by Gasteiger charge is -2.27. The molecule has 0 unspecified atom stereocenters. The van der Waals surface area contributed by atoms with E-state index in [1.54, 1.807) is 36.0 Å². The summed E-state index contributed by atoms with van der Waals surface area (Å²) in [5.41, 5.74) is 5.01. The standard InChI is InChI=1S/C24H21ClN2O2S/c1-15-11-12-16(2)21(13-15)27-22(28)14-30-24(27)18-8-4-6-10-20(18)26-23(29)17-7-3-5-9-19(17)25/h3-13,24H,14H2,1-2H3,(H,26,29)/t24-/m1/s1. The van der Waals surface area contributed by atoms with E-state index in [-0.39, 0.29) is 17.2 Å². The fourth-order valence-corrected chi connectivity index (χ4v) is 4.98. The van der Waals surface area contributed by atoms with E-state index in [4.69, 9.17) is 11.6 Å². The number of carbonyl (C=O) groups is 2. The van der Waals surface area contributed by atoms with Crippen LogP contribution in [0.25, 0.3) is 0 Å². The van der Waals surface area contributed by atoms with E-state index in [9.17, 15) is 9.59 Å². The van der Waals surface area contributed by atoms with Crippen molar-refractivity contribution >= 4 is 46.6 Å². The highest BCUT2D eigenvalue weighted by Gasteiger charge is 2.36. The zero-order valence-corrected chi connectivity index (χ0v) is 18.3. The normalized spacial score (nSPS) is 16.0. The number of anilines is 2. The summed E-state index contributed by atoms with van der Waals surface area (Å²) in [5, 5.41) is 3.16. The Morgan fingerprint density at radius 1 is 1.07 bits per heavy atom. The highest BCUT2D eigenvalue weighted by molar-refractivity contribution is 8.00. The smallest absolute Gasteiger partial charge is 0.257 e. The Morgan fingerprint density at radius 3 is 2.60 bits per heavy atom. The first-order chi connectivity index (χ1) is 14.5. The monoisotopic (exact) mass is 436 g/mol. The summed E-state index contributed by atoms with van der Waals surface area (Å²) >= 11 is 7.75. The molecule has 0 bridgehead atoms. The molecule has 152 valence electrons. The first-order valence-electron chi connectivity index (χ1n) is 9.61. The van der Waals surface area contributed by atoms with Gasteiger partial charge in [-0.15, -0.1) is 11.8 Å². The molecule has 1 N–H and O–H groups in total. The van der Waals surface area contributed by atoms with Gasteiger partial charge in [-0.1, -0.05) is 54.1 Å². The van der Waals surface area contributed by atoms with Gasteiger partial charge in [0, 0.05) is 16.9 Å². The lowest BCUT2D eigenvalue weighted by molar-refractivity contribution is -0.115. The molecule has 4 rings (SSSR count). The first kappa shape index (κ1) is 20.5. The Kier molecular flexibility index (Phi) is 5.84. The molecule has 1 atom stereocenters. The van der Waals surface area contributed by atoms with E-state index in [0.29, 0.717) is 22.0 Å². The number of halogens is 1. The molecule has 1 aliphatic rings. The number of rotatable bonds is 4. The van der Waals surface area contributed by atoms with Crippen molar-refractivity contribution in [1.29, 1.82) is 0 Å². The number of carbonyl (C=O) groups excluding carboxylic acids is 2. The number of hydrogen-bond donors (Lipinski definition) is 1. The second-order valence-corrected chi connectivity index (χ2v) is 8.71. The van der Waals surface area contributed by atoms with E-state index in [1.165, 1.54) is 0 Å². The number of nitrogens with zero attached hydrogens (tertiary/aromatic N) is 1. The highest BCUT2D eigenvalue weighted by Crippen LogP contribution is 2.45. The molecule has 0 radical (unpaired) electrons. The van der Waals surface area contributed by atoms with E-state index in [1.807, 2.05) is 61.2 Å². The van der Waals surface area contributed by atoms with Crippen molar-refractivity contribution in [3.8, 4) is 0 Å². The zero-order valence-electron chi connectivity index (χ0n) is 16.7. The lowest BCUT2D eigenvalue weighted by atomic mass is 10.1. The van der Waals surface area contributed by atoms with Crippen molar-refractivity contribution in [3.05, 3.63) is 94.0 Å². The highest BCUT2D eigenvalue weighted by atomic mass is 35.5. The second kappa shape index (κ2) is 8.54. The van der Waals surface area contributed by atoms with Gasteiger partial charge in [-0.05, 0) is 49.2 Å². The van der Waals surface area contributed by atoms with Crippen molar-refractivity contribution < 1.29 is 9.59 Å². The Balaban J connectivity index is 1.71. The maximum absolute atomic E-state index is 12.8. The first-order valence-corrected chi connectivity index (χ1v) is 11.0. The molecule has 0 saturated carbocycles. The molecular formula is C24H21ClN2O2S. The van der Waals surface area contributed by atoms with Gasteiger partial charge in [0.05, 0.1) is 16.3 Å². The summed E-state index contributed by atoms with van der Waals surface area (Å²) in [6.45, 7) is 4.02. The number of hydrogen-bond acceptors (Lipinski definition) is 3. The molecule has 1 aliphatic heterocycles. The molecular weight excluding hydrogens is 416 g/mol. The molecule has 6 heteroatoms. The van der Waals surface area contributed by atoms with Crippen LogP contribution in [0.5, 0.6) is 0 Å². The van der Waals surface area contributed by atoms with E-state index in [0.717, 1.165) is 22.4 Å². The molecule has 3 aromatic rings. The third-order valence-corrected chi connectivity index (χ3v) is 6.61. The van der Waals surface area contributed by atoms with Gasteiger partial charge < -0.3 is 5.32 Å². The number of benzene rings is 3. The van der Waals surface area contributed by atoms with Gasteiger partial charge in [-0.25, -0.2) is 0 Å². The Bertz CT molecular complexity index is 1130. The molecule has 1 heterocycles. The van der Waals surface area contributed by atoms with E-state index in [2.05, 4.69) is 5.32 Å². The van der Waals surface area contributed by atoms with Crippen LogP contribution in [0.2, 0.25) is 5.02 Å². The molecule has 0 spiro atoms. The van der Waals surface area contributed by atoms with Crippen molar-refractivity contribution in [2.45, 2.75) is 19.2 Å². The fourth-order valence-electron chi connectivity index (χ4n) is 3.55. The second-order valence-electron chi connectivity index (χ2n) is 7.24.